The van der Waals surface area contributed by atoms with Gasteiger partial charge in [-0.15, -0.1) is 0 Å². The van der Waals surface area contributed by atoms with Crippen molar-refractivity contribution in [2.75, 3.05) is 13.7 Å². The smallest absolute Gasteiger partial charge is 0.272 e. The van der Waals surface area contributed by atoms with Crippen LogP contribution in [0.3, 0.4) is 0 Å². The third kappa shape index (κ3) is 3.49. The van der Waals surface area contributed by atoms with Crippen LogP contribution in [0.4, 0.5) is 5.69 Å². The molecule has 8 nitrogen and oxygen atoms in total. The quantitative estimate of drug-likeness (QED) is 0.522. The molecule has 1 aromatic heterocycles. The highest BCUT2D eigenvalue weighted by atomic mass is 16.6. The number of amides is 1. The maximum Gasteiger partial charge on any atom is 0.272 e. The summed E-state index contributed by atoms with van der Waals surface area (Å²) in [6.07, 6.45) is 0.596. The molecule has 3 aromatic rings. The maximum absolute atomic E-state index is 12.4. The minimum atomic E-state index is -0.502. The van der Waals surface area contributed by atoms with Gasteiger partial charge in [-0.3, -0.25) is 20.0 Å². The monoisotopic (exact) mass is 354 g/mol. The minimum Gasteiger partial charge on any atom is -0.496 e. The molecule has 1 heterocycles. The van der Waals surface area contributed by atoms with E-state index in [4.69, 9.17) is 4.74 Å². The standard InChI is InChI=1S/C18H18N4O4/c1-11-3-6-16(26-2)12(9-11)7-8-19-18(23)17-14-10-13(22(24)25)4-5-15(14)20-21-17/h3-6,9-10H,7-8H2,1-2H3,(H,19,23)(H,20,21). The van der Waals surface area contributed by atoms with Crippen molar-refractivity contribution in [2.45, 2.75) is 13.3 Å². The van der Waals surface area contributed by atoms with Crippen molar-refractivity contribution in [3.63, 3.8) is 0 Å². The average Bonchev–Trinajstić information content (AvgIpc) is 3.05. The van der Waals surface area contributed by atoms with Crippen molar-refractivity contribution in [1.29, 1.82) is 0 Å². The van der Waals surface area contributed by atoms with E-state index in [1.54, 1.807) is 7.11 Å². The molecule has 0 radical (unpaired) electrons. The topological polar surface area (TPSA) is 110 Å². The number of nitrogens with zero attached hydrogens (tertiary/aromatic N) is 2. The molecule has 0 bridgehead atoms. The fraction of sp³-hybridized carbons (Fsp3) is 0.222. The van der Waals surface area contributed by atoms with E-state index in [2.05, 4.69) is 15.5 Å². The van der Waals surface area contributed by atoms with Crippen LogP contribution in [0.15, 0.2) is 36.4 Å². The average molecular weight is 354 g/mol. The predicted molar refractivity (Wildman–Crippen MR) is 96.5 cm³/mol. The molecule has 0 spiro atoms. The number of hydrogen-bond acceptors (Lipinski definition) is 5. The van der Waals surface area contributed by atoms with Crippen molar-refractivity contribution in [1.82, 2.24) is 15.5 Å². The summed E-state index contributed by atoms with van der Waals surface area (Å²) in [5.41, 5.74) is 2.73. The van der Waals surface area contributed by atoms with E-state index in [-0.39, 0.29) is 17.3 Å². The van der Waals surface area contributed by atoms with Crippen LogP contribution < -0.4 is 10.1 Å². The van der Waals surface area contributed by atoms with Gasteiger partial charge >= 0.3 is 0 Å². The number of methoxy groups -OCH3 is 1. The summed E-state index contributed by atoms with van der Waals surface area (Å²) in [4.78, 5) is 22.8. The van der Waals surface area contributed by atoms with Crippen LogP contribution in [0.1, 0.15) is 21.6 Å². The van der Waals surface area contributed by atoms with Crippen LogP contribution >= 0.6 is 0 Å². The number of aromatic amines is 1. The number of rotatable bonds is 6. The SMILES string of the molecule is COc1ccc(C)cc1CCNC(=O)c1n[nH]c2ccc([N+](=O)[O-])cc12. The predicted octanol–water partition coefficient (Wildman–Crippen LogP) is 2.76. The zero-order chi connectivity index (χ0) is 18.7. The van der Waals surface area contributed by atoms with Gasteiger partial charge in [0.25, 0.3) is 11.6 Å². The highest BCUT2D eigenvalue weighted by molar-refractivity contribution is 6.05. The number of nitro benzene ring substituents is 1. The van der Waals surface area contributed by atoms with Crippen molar-refractivity contribution in [3.05, 3.63) is 63.3 Å². The second-order valence-corrected chi connectivity index (χ2v) is 5.88. The molecular formula is C18H18N4O4. The molecule has 0 aliphatic heterocycles. The lowest BCUT2D eigenvalue weighted by Crippen LogP contribution is -2.26. The van der Waals surface area contributed by atoms with E-state index in [0.717, 1.165) is 16.9 Å². The summed E-state index contributed by atoms with van der Waals surface area (Å²) in [6, 6.07) is 10.1. The lowest BCUT2D eigenvalue weighted by molar-refractivity contribution is -0.384. The van der Waals surface area contributed by atoms with E-state index in [9.17, 15) is 14.9 Å². The Bertz CT molecular complexity index is 980. The van der Waals surface area contributed by atoms with E-state index in [1.165, 1.54) is 18.2 Å². The maximum atomic E-state index is 12.4. The molecular weight excluding hydrogens is 336 g/mol. The number of hydrogen-bond donors (Lipinski definition) is 2. The molecule has 3 rings (SSSR count). The minimum absolute atomic E-state index is 0.0857. The van der Waals surface area contributed by atoms with Gasteiger partial charge in [0.15, 0.2) is 5.69 Å². The summed E-state index contributed by atoms with van der Waals surface area (Å²) in [7, 11) is 1.61. The molecule has 8 heteroatoms. The highest BCUT2D eigenvalue weighted by Crippen LogP contribution is 2.22. The number of aryl methyl sites for hydroxylation is 1. The van der Waals surface area contributed by atoms with Crippen LogP contribution in [-0.2, 0) is 6.42 Å². The number of carbonyl (C=O) groups excluding carboxylic acids is 1. The Kier molecular flexibility index (Phi) is 4.83. The third-order valence-electron chi connectivity index (χ3n) is 4.09. The van der Waals surface area contributed by atoms with Gasteiger partial charge in [0.2, 0.25) is 0 Å². The van der Waals surface area contributed by atoms with E-state index < -0.39 is 4.92 Å². The summed E-state index contributed by atoms with van der Waals surface area (Å²) in [5.74, 6) is 0.383. The number of fused-ring (bicyclic) bond motifs is 1. The van der Waals surface area contributed by atoms with Gasteiger partial charge in [-0.25, -0.2) is 0 Å². The molecule has 0 fully saturated rings. The molecule has 2 aromatic carbocycles. The van der Waals surface area contributed by atoms with Crippen molar-refractivity contribution >= 4 is 22.5 Å². The van der Waals surface area contributed by atoms with Gasteiger partial charge in [-0.1, -0.05) is 17.7 Å². The first-order chi connectivity index (χ1) is 12.5. The largest absolute Gasteiger partial charge is 0.496 e. The van der Waals surface area contributed by atoms with Crippen LogP contribution in [0.2, 0.25) is 0 Å². The molecule has 26 heavy (non-hydrogen) atoms. The molecule has 134 valence electrons. The highest BCUT2D eigenvalue weighted by Gasteiger charge is 2.17. The van der Waals surface area contributed by atoms with Gasteiger partial charge in [0.1, 0.15) is 5.75 Å². The Morgan fingerprint density at radius 1 is 1.31 bits per heavy atom. The molecule has 0 saturated heterocycles. The molecule has 0 atom stereocenters. The summed E-state index contributed by atoms with van der Waals surface area (Å²) >= 11 is 0. The van der Waals surface area contributed by atoms with Crippen LogP contribution in [0.25, 0.3) is 10.9 Å². The Hall–Kier alpha value is -3.42. The normalized spacial score (nSPS) is 10.7. The number of carbonyl (C=O) groups is 1. The second kappa shape index (κ2) is 7.22. The van der Waals surface area contributed by atoms with Crippen LogP contribution in [0.5, 0.6) is 5.75 Å². The lowest BCUT2D eigenvalue weighted by atomic mass is 10.1. The first-order valence-corrected chi connectivity index (χ1v) is 8.04. The Morgan fingerprint density at radius 3 is 2.85 bits per heavy atom. The molecule has 0 aliphatic carbocycles. The summed E-state index contributed by atoms with van der Waals surface area (Å²) < 4.78 is 5.33. The van der Waals surface area contributed by atoms with Crippen LogP contribution in [0, 0.1) is 17.0 Å². The Morgan fingerprint density at radius 2 is 2.12 bits per heavy atom. The Balaban J connectivity index is 1.73. The van der Waals surface area contributed by atoms with Crippen molar-refractivity contribution in [2.24, 2.45) is 0 Å². The van der Waals surface area contributed by atoms with Crippen molar-refractivity contribution < 1.29 is 14.5 Å². The lowest BCUT2D eigenvalue weighted by Gasteiger charge is -2.10. The summed E-state index contributed by atoms with van der Waals surface area (Å²) in [6.45, 7) is 2.38. The summed E-state index contributed by atoms with van der Waals surface area (Å²) in [5, 5.41) is 20.8. The van der Waals surface area contributed by atoms with Gasteiger partial charge in [0, 0.05) is 24.1 Å². The first kappa shape index (κ1) is 17.4. The zero-order valence-electron chi connectivity index (χ0n) is 14.4. The molecule has 2 N–H and O–H groups in total. The fourth-order valence-electron chi connectivity index (χ4n) is 2.79. The zero-order valence-corrected chi connectivity index (χ0v) is 14.4. The van der Waals surface area contributed by atoms with Gasteiger partial charge in [-0.05, 0) is 31.0 Å². The van der Waals surface area contributed by atoms with Crippen LogP contribution in [-0.4, -0.2) is 34.7 Å². The number of ether oxygens (including phenoxy) is 1. The number of nitrogens with one attached hydrogen (secondary N) is 2. The number of benzene rings is 2. The first-order valence-electron chi connectivity index (χ1n) is 8.04. The number of nitro groups is 1. The fourth-order valence-corrected chi connectivity index (χ4v) is 2.79. The number of aromatic nitrogens is 2. The van der Waals surface area contributed by atoms with Gasteiger partial charge in [-0.2, -0.15) is 5.10 Å². The third-order valence-corrected chi connectivity index (χ3v) is 4.09. The number of H-pyrrole nitrogens is 1. The van der Waals surface area contributed by atoms with Crippen molar-refractivity contribution in [3.8, 4) is 5.75 Å². The molecule has 1 amide bonds. The van der Waals surface area contributed by atoms with E-state index in [0.29, 0.717) is 23.9 Å². The van der Waals surface area contributed by atoms with E-state index in [1.807, 2.05) is 25.1 Å². The number of non-ortho nitro benzene ring substituents is 1. The molecule has 0 saturated carbocycles. The molecule has 0 unspecified atom stereocenters. The van der Waals surface area contributed by atoms with E-state index >= 15 is 0 Å². The van der Waals surface area contributed by atoms with Gasteiger partial charge in [0.05, 0.1) is 17.5 Å². The second-order valence-electron chi connectivity index (χ2n) is 5.88. The molecule has 0 aliphatic rings. The Labute approximate surface area is 149 Å². The van der Waals surface area contributed by atoms with Gasteiger partial charge < -0.3 is 10.1 Å².